The van der Waals surface area contributed by atoms with Gasteiger partial charge in [-0.2, -0.15) is 5.10 Å². The largest absolute Gasteiger partial charge is 0.496 e. The summed E-state index contributed by atoms with van der Waals surface area (Å²) in [6.45, 7) is 0. The number of halogens is 1. The van der Waals surface area contributed by atoms with E-state index in [-0.39, 0.29) is 17.0 Å². The van der Waals surface area contributed by atoms with Crippen LogP contribution in [0.4, 0.5) is 5.69 Å². The van der Waals surface area contributed by atoms with Crippen molar-refractivity contribution in [3.05, 3.63) is 98.0 Å². The molecule has 162 valence electrons. The van der Waals surface area contributed by atoms with Gasteiger partial charge in [-0.05, 0) is 54.1 Å². The van der Waals surface area contributed by atoms with E-state index in [0.29, 0.717) is 16.9 Å². The van der Waals surface area contributed by atoms with Crippen molar-refractivity contribution in [2.75, 3.05) is 7.11 Å². The first-order valence-electron chi connectivity index (χ1n) is 9.11. The number of carbonyl (C=O) groups excluding carboxylic acids is 2. The molecular weight excluding hydrogens is 482 g/mol. The summed E-state index contributed by atoms with van der Waals surface area (Å²) >= 11 is 3.31. The van der Waals surface area contributed by atoms with Crippen molar-refractivity contribution in [2.24, 2.45) is 5.10 Å². The Balaban J connectivity index is 1.61. The Hall–Kier alpha value is -4.05. The van der Waals surface area contributed by atoms with Gasteiger partial charge in [-0.1, -0.05) is 22.0 Å². The summed E-state index contributed by atoms with van der Waals surface area (Å²) in [7, 11) is 1.47. The van der Waals surface area contributed by atoms with E-state index in [1.807, 2.05) is 0 Å². The first-order chi connectivity index (χ1) is 15.4. The first kappa shape index (κ1) is 22.6. The van der Waals surface area contributed by atoms with Crippen molar-refractivity contribution in [1.82, 2.24) is 5.43 Å². The number of hydrogen-bond acceptors (Lipinski definition) is 7. The average molecular weight is 498 g/mol. The Labute approximate surface area is 190 Å². The Bertz CT molecular complexity index is 1190. The second kappa shape index (κ2) is 10.3. The van der Waals surface area contributed by atoms with Crippen LogP contribution in [0.2, 0.25) is 0 Å². The van der Waals surface area contributed by atoms with Gasteiger partial charge in [-0.15, -0.1) is 0 Å². The Morgan fingerprint density at radius 3 is 2.53 bits per heavy atom. The third-order valence-corrected chi connectivity index (χ3v) is 4.66. The van der Waals surface area contributed by atoms with Gasteiger partial charge >= 0.3 is 5.97 Å². The zero-order valence-electron chi connectivity index (χ0n) is 16.7. The van der Waals surface area contributed by atoms with E-state index >= 15 is 0 Å². The summed E-state index contributed by atoms with van der Waals surface area (Å²) in [6.07, 6.45) is 1.43. The summed E-state index contributed by atoms with van der Waals surface area (Å²) in [5.74, 6) is -0.496. The number of esters is 1. The van der Waals surface area contributed by atoms with Crippen molar-refractivity contribution >= 4 is 39.7 Å². The number of hydrazone groups is 1. The monoisotopic (exact) mass is 497 g/mol. The molecule has 0 fully saturated rings. The number of nitrogens with one attached hydrogen (secondary N) is 1. The lowest BCUT2D eigenvalue weighted by atomic mass is 10.2. The molecule has 3 rings (SSSR count). The highest BCUT2D eigenvalue weighted by molar-refractivity contribution is 9.10. The predicted molar refractivity (Wildman–Crippen MR) is 120 cm³/mol. The van der Waals surface area contributed by atoms with E-state index < -0.39 is 16.8 Å². The fourth-order valence-electron chi connectivity index (χ4n) is 2.62. The fourth-order valence-corrected chi connectivity index (χ4v) is 2.98. The Morgan fingerprint density at radius 1 is 1.09 bits per heavy atom. The minimum atomic E-state index is -0.717. The number of nitro benzene ring substituents is 1. The number of nitrogens with zero attached hydrogens (tertiary/aromatic N) is 2. The van der Waals surface area contributed by atoms with Gasteiger partial charge in [0.25, 0.3) is 11.6 Å². The highest BCUT2D eigenvalue weighted by atomic mass is 79.9. The maximum atomic E-state index is 12.3. The van der Waals surface area contributed by atoms with Crippen LogP contribution in [-0.2, 0) is 0 Å². The van der Waals surface area contributed by atoms with Gasteiger partial charge < -0.3 is 9.47 Å². The summed E-state index contributed by atoms with van der Waals surface area (Å²) < 4.78 is 11.1. The number of amides is 1. The van der Waals surface area contributed by atoms with Crippen molar-refractivity contribution in [2.45, 2.75) is 0 Å². The molecule has 0 atom stereocenters. The molecule has 1 N–H and O–H groups in total. The molecule has 3 aromatic rings. The molecule has 1 amide bonds. The minimum Gasteiger partial charge on any atom is -0.496 e. The van der Waals surface area contributed by atoms with Crippen LogP contribution in [0.15, 0.2) is 76.3 Å². The SMILES string of the molecule is COc1ccc(Br)cc1C(=O)N/N=C/c1ccc(OC(=O)c2cccc([N+](=O)[O-])c2)cc1. The van der Waals surface area contributed by atoms with E-state index in [9.17, 15) is 19.7 Å². The number of nitro groups is 1. The fraction of sp³-hybridized carbons (Fsp3) is 0.0455. The molecule has 9 nitrogen and oxygen atoms in total. The van der Waals surface area contributed by atoms with Crippen molar-refractivity contribution in [3.8, 4) is 11.5 Å². The maximum Gasteiger partial charge on any atom is 0.343 e. The Kier molecular flexibility index (Phi) is 7.29. The molecule has 0 unspecified atom stereocenters. The molecule has 32 heavy (non-hydrogen) atoms. The van der Waals surface area contributed by atoms with Gasteiger partial charge in [0.2, 0.25) is 0 Å². The van der Waals surface area contributed by atoms with Gasteiger partial charge in [0.1, 0.15) is 11.5 Å². The zero-order valence-corrected chi connectivity index (χ0v) is 18.2. The quantitative estimate of drug-likeness (QED) is 0.170. The number of methoxy groups -OCH3 is 1. The van der Waals surface area contributed by atoms with Crippen LogP contribution < -0.4 is 14.9 Å². The highest BCUT2D eigenvalue weighted by Crippen LogP contribution is 2.23. The standard InChI is InChI=1S/C22H16BrN3O6/c1-31-20-10-7-16(23)12-19(20)21(27)25-24-13-14-5-8-18(9-6-14)32-22(28)15-3-2-4-17(11-15)26(29)30/h2-13H,1H3,(H,25,27)/b24-13+. The van der Waals surface area contributed by atoms with Crippen molar-refractivity contribution in [3.63, 3.8) is 0 Å². The van der Waals surface area contributed by atoms with Gasteiger partial charge in [-0.25, -0.2) is 10.2 Å². The molecule has 3 aromatic carbocycles. The van der Waals surface area contributed by atoms with Crippen LogP contribution in [0, 0.1) is 10.1 Å². The molecule has 0 bridgehead atoms. The van der Waals surface area contributed by atoms with Crippen LogP contribution in [-0.4, -0.2) is 30.1 Å². The smallest absolute Gasteiger partial charge is 0.343 e. The molecule has 10 heteroatoms. The maximum absolute atomic E-state index is 12.3. The number of non-ortho nitro benzene ring substituents is 1. The summed E-state index contributed by atoms with van der Waals surface area (Å²) in [6, 6.07) is 16.6. The summed E-state index contributed by atoms with van der Waals surface area (Å²) in [4.78, 5) is 34.8. The second-order valence-corrected chi connectivity index (χ2v) is 7.23. The molecule has 0 heterocycles. The Morgan fingerprint density at radius 2 is 1.84 bits per heavy atom. The van der Waals surface area contributed by atoms with Crippen LogP contribution in [0.3, 0.4) is 0 Å². The highest BCUT2D eigenvalue weighted by Gasteiger charge is 2.14. The normalized spacial score (nSPS) is 10.6. The van der Waals surface area contributed by atoms with E-state index in [0.717, 1.165) is 10.5 Å². The second-order valence-electron chi connectivity index (χ2n) is 6.31. The van der Waals surface area contributed by atoms with Crippen LogP contribution in [0.25, 0.3) is 0 Å². The molecule has 0 aliphatic heterocycles. The third kappa shape index (κ3) is 5.76. The lowest BCUT2D eigenvalue weighted by Crippen LogP contribution is -2.18. The van der Waals surface area contributed by atoms with Crippen LogP contribution in [0.5, 0.6) is 11.5 Å². The average Bonchev–Trinajstić information content (AvgIpc) is 2.80. The number of benzene rings is 3. The zero-order chi connectivity index (χ0) is 23.1. The van der Waals surface area contributed by atoms with Crippen LogP contribution >= 0.6 is 15.9 Å². The molecule has 0 aromatic heterocycles. The molecule has 0 spiro atoms. The lowest BCUT2D eigenvalue weighted by molar-refractivity contribution is -0.384. The molecule has 0 radical (unpaired) electrons. The van der Waals surface area contributed by atoms with Gasteiger partial charge in [0, 0.05) is 16.6 Å². The van der Waals surface area contributed by atoms with Gasteiger partial charge in [0.05, 0.1) is 29.4 Å². The first-order valence-corrected chi connectivity index (χ1v) is 9.90. The van der Waals surface area contributed by atoms with Gasteiger partial charge in [0.15, 0.2) is 0 Å². The number of carbonyl (C=O) groups is 2. The molecule has 0 saturated carbocycles. The van der Waals surface area contributed by atoms with Gasteiger partial charge in [-0.3, -0.25) is 14.9 Å². The third-order valence-electron chi connectivity index (χ3n) is 4.17. The predicted octanol–water partition coefficient (Wildman–Crippen LogP) is 4.35. The molecular formula is C22H16BrN3O6. The lowest BCUT2D eigenvalue weighted by Gasteiger charge is -2.07. The topological polar surface area (TPSA) is 120 Å². The van der Waals surface area contributed by atoms with E-state index in [1.54, 1.807) is 30.3 Å². The van der Waals surface area contributed by atoms with E-state index in [1.165, 1.54) is 43.7 Å². The summed E-state index contributed by atoms with van der Waals surface area (Å²) in [5, 5.41) is 14.8. The van der Waals surface area contributed by atoms with Crippen molar-refractivity contribution in [1.29, 1.82) is 0 Å². The number of ether oxygens (including phenoxy) is 2. The minimum absolute atomic E-state index is 0.0653. The number of rotatable bonds is 7. The van der Waals surface area contributed by atoms with E-state index in [4.69, 9.17) is 9.47 Å². The molecule has 0 saturated heterocycles. The van der Waals surface area contributed by atoms with Crippen molar-refractivity contribution < 1.29 is 24.0 Å². The summed E-state index contributed by atoms with van der Waals surface area (Å²) in [5.41, 5.74) is 3.25. The van der Waals surface area contributed by atoms with E-state index in [2.05, 4.69) is 26.5 Å². The van der Waals surface area contributed by atoms with Crippen LogP contribution in [0.1, 0.15) is 26.3 Å². The number of hydrogen-bond donors (Lipinski definition) is 1. The molecule has 0 aliphatic carbocycles. The molecule has 0 aliphatic rings.